The quantitative estimate of drug-likeness (QED) is 0.814. The fraction of sp³-hybridized carbons (Fsp3) is 0.333. The number of nitrogens with one attached hydrogen (secondary N) is 1. The van der Waals surface area contributed by atoms with Crippen LogP contribution in [-0.4, -0.2) is 25.4 Å². The first kappa shape index (κ1) is 18.7. The number of ether oxygens (including phenoxy) is 1. The summed E-state index contributed by atoms with van der Waals surface area (Å²) >= 11 is 6.13. The van der Waals surface area contributed by atoms with E-state index in [9.17, 15) is 13.2 Å². The van der Waals surface area contributed by atoms with Gasteiger partial charge in [-0.1, -0.05) is 17.7 Å². The molecule has 2 aromatic rings. The lowest BCUT2D eigenvalue weighted by Gasteiger charge is -2.09. The fourth-order valence-corrected chi connectivity index (χ4v) is 4.29. The number of rotatable bonds is 6. The summed E-state index contributed by atoms with van der Waals surface area (Å²) in [5.74, 6) is -0.0398. The number of hydrogen-bond donors (Lipinski definition) is 1. The maximum absolute atomic E-state index is 12.5. The molecule has 0 saturated heterocycles. The second kappa shape index (κ2) is 7.63. The van der Waals surface area contributed by atoms with Crippen LogP contribution in [0.1, 0.15) is 31.0 Å². The Hall–Kier alpha value is -2.12. The minimum Gasteiger partial charge on any atom is -0.489 e. The van der Waals surface area contributed by atoms with Gasteiger partial charge in [-0.25, -0.2) is 13.1 Å². The van der Waals surface area contributed by atoms with E-state index in [0.29, 0.717) is 25.0 Å². The molecule has 1 atom stereocenters. The van der Waals surface area contributed by atoms with Crippen molar-refractivity contribution in [1.82, 2.24) is 9.71 Å². The highest BCUT2D eigenvalue weighted by atomic mass is 35.5. The highest BCUT2D eigenvalue weighted by molar-refractivity contribution is 7.90. The first-order valence-electron chi connectivity index (χ1n) is 8.30. The van der Waals surface area contributed by atoms with E-state index in [1.807, 2.05) is 25.1 Å². The van der Waals surface area contributed by atoms with Crippen molar-refractivity contribution >= 4 is 27.5 Å². The van der Waals surface area contributed by atoms with E-state index in [1.54, 1.807) is 6.20 Å². The van der Waals surface area contributed by atoms with Crippen LogP contribution in [0, 0.1) is 0 Å². The third-order valence-corrected chi connectivity index (χ3v) is 5.68. The van der Waals surface area contributed by atoms with E-state index in [4.69, 9.17) is 16.3 Å². The molecule has 138 valence electrons. The molecule has 0 aliphatic carbocycles. The Morgan fingerprint density at radius 1 is 1.38 bits per heavy atom. The van der Waals surface area contributed by atoms with Gasteiger partial charge in [-0.2, -0.15) is 0 Å². The second-order valence-corrected chi connectivity index (χ2v) is 8.32. The van der Waals surface area contributed by atoms with E-state index < -0.39 is 15.9 Å². The number of hydrogen-bond acceptors (Lipinski definition) is 5. The summed E-state index contributed by atoms with van der Waals surface area (Å²) in [7, 11) is -3.97. The predicted octanol–water partition coefficient (Wildman–Crippen LogP) is 2.89. The lowest BCUT2D eigenvalue weighted by Crippen LogP contribution is -2.30. The third kappa shape index (κ3) is 4.34. The van der Waals surface area contributed by atoms with E-state index in [0.717, 1.165) is 11.3 Å². The van der Waals surface area contributed by atoms with Gasteiger partial charge in [0, 0.05) is 30.3 Å². The molecule has 6 nitrogen and oxygen atoms in total. The number of fused-ring (bicyclic) bond motifs is 1. The monoisotopic (exact) mass is 394 g/mol. The molecule has 1 N–H and O–H groups in total. The molecule has 0 bridgehead atoms. The number of benzene rings is 1. The molecule has 0 unspecified atom stereocenters. The third-order valence-electron chi connectivity index (χ3n) is 4.04. The molecule has 2 heterocycles. The van der Waals surface area contributed by atoms with Gasteiger partial charge in [0.1, 0.15) is 11.9 Å². The van der Waals surface area contributed by atoms with Crippen LogP contribution < -0.4 is 9.46 Å². The molecule has 0 radical (unpaired) electrons. The van der Waals surface area contributed by atoms with Gasteiger partial charge in [0.15, 0.2) is 0 Å². The number of aromatic nitrogens is 1. The molecule has 1 aliphatic rings. The Morgan fingerprint density at radius 3 is 2.92 bits per heavy atom. The van der Waals surface area contributed by atoms with Gasteiger partial charge >= 0.3 is 0 Å². The van der Waals surface area contributed by atoms with E-state index in [1.165, 1.54) is 12.1 Å². The first-order chi connectivity index (χ1) is 12.3. The molecule has 1 aliphatic heterocycles. The van der Waals surface area contributed by atoms with Crippen LogP contribution in [0.5, 0.6) is 5.75 Å². The zero-order chi connectivity index (χ0) is 18.7. The number of pyridine rings is 1. The maximum Gasteiger partial charge on any atom is 0.264 e. The molecule has 1 amide bonds. The summed E-state index contributed by atoms with van der Waals surface area (Å²) in [5, 5.41) is 0.231. The van der Waals surface area contributed by atoms with E-state index >= 15 is 0 Å². The smallest absolute Gasteiger partial charge is 0.264 e. The molecule has 1 aromatic heterocycles. The number of sulfonamides is 1. The zero-order valence-electron chi connectivity index (χ0n) is 14.2. The first-order valence-corrected chi connectivity index (χ1v) is 10.2. The second-order valence-electron chi connectivity index (χ2n) is 6.23. The molecule has 0 spiro atoms. The average molecular weight is 395 g/mol. The van der Waals surface area contributed by atoms with Crippen LogP contribution in [0.15, 0.2) is 41.4 Å². The van der Waals surface area contributed by atoms with Gasteiger partial charge in [-0.15, -0.1) is 0 Å². The molecule has 0 saturated carbocycles. The Bertz CT molecular complexity index is 916. The van der Waals surface area contributed by atoms with Crippen molar-refractivity contribution in [3.63, 3.8) is 0 Å². The van der Waals surface area contributed by atoms with Crippen molar-refractivity contribution in [3.8, 4) is 5.75 Å². The minimum atomic E-state index is -3.97. The summed E-state index contributed by atoms with van der Waals surface area (Å²) in [6.45, 7) is 1.88. The Kier molecular flexibility index (Phi) is 5.48. The molecular weight excluding hydrogens is 376 g/mol. The van der Waals surface area contributed by atoms with Crippen molar-refractivity contribution < 1.29 is 17.9 Å². The predicted molar refractivity (Wildman–Crippen MR) is 97.7 cm³/mol. The van der Waals surface area contributed by atoms with Gasteiger partial charge in [0.2, 0.25) is 5.91 Å². The number of aryl methyl sites for hydroxylation is 1. The summed E-state index contributed by atoms with van der Waals surface area (Å²) in [5.41, 5.74) is 1.59. The van der Waals surface area contributed by atoms with Crippen LogP contribution in [0.2, 0.25) is 5.02 Å². The standard InChI is InChI=1S/C18H19ClN2O4S/c1-12-9-13-10-15(11-16(19)18(13)25-12)26(23,24)21-17(22)7-4-6-14-5-2-3-8-20-14/h2-3,5,8,10-12H,4,6-7,9H2,1H3,(H,21,22)/t12-/m1/s1. The normalized spacial score (nSPS) is 16.0. The SMILES string of the molecule is C[C@@H]1Cc2cc(S(=O)(=O)NC(=O)CCCc3ccccn3)cc(Cl)c2O1. The van der Waals surface area contributed by atoms with Crippen LogP contribution in [0.3, 0.4) is 0 Å². The van der Waals surface area contributed by atoms with Crippen LogP contribution >= 0.6 is 11.6 Å². The van der Waals surface area contributed by atoms with E-state index in [2.05, 4.69) is 9.71 Å². The largest absolute Gasteiger partial charge is 0.489 e. The van der Waals surface area contributed by atoms with Crippen molar-refractivity contribution in [3.05, 3.63) is 52.8 Å². The lowest BCUT2D eigenvalue weighted by atomic mass is 10.1. The van der Waals surface area contributed by atoms with Crippen LogP contribution in [0.4, 0.5) is 0 Å². The molecule has 26 heavy (non-hydrogen) atoms. The molecule has 1 aromatic carbocycles. The fourth-order valence-electron chi connectivity index (χ4n) is 2.85. The number of nitrogens with zero attached hydrogens (tertiary/aromatic N) is 1. The maximum atomic E-state index is 12.5. The number of carbonyl (C=O) groups excluding carboxylic acids is 1. The van der Waals surface area contributed by atoms with Gasteiger partial charge < -0.3 is 4.74 Å². The van der Waals surface area contributed by atoms with Gasteiger partial charge in [-0.3, -0.25) is 9.78 Å². The number of amides is 1. The molecule has 8 heteroatoms. The van der Waals surface area contributed by atoms with Gasteiger partial charge in [-0.05, 0) is 44.0 Å². The lowest BCUT2D eigenvalue weighted by molar-refractivity contribution is -0.119. The summed E-state index contributed by atoms with van der Waals surface area (Å²) in [6.07, 6.45) is 3.41. The topological polar surface area (TPSA) is 85.4 Å². The number of carbonyl (C=O) groups is 1. The highest BCUT2D eigenvalue weighted by Crippen LogP contribution is 2.37. The van der Waals surface area contributed by atoms with Gasteiger partial charge in [0.25, 0.3) is 10.0 Å². The Labute approximate surface area is 157 Å². The molecule has 0 fully saturated rings. The van der Waals surface area contributed by atoms with E-state index in [-0.39, 0.29) is 22.4 Å². The summed E-state index contributed by atoms with van der Waals surface area (Å²) < 4.78 is 32.6. The van der Waals surface area contributed by atoms with Crippen molar-refractivity contribution in [2.45, 2.75) is 43.6 Å². The van der Waals surface area contributed by atoms with Crippen molar-refractivity contribution in [2.75, 3.05) is 0 Å². The average Bonchev–Trinajstić information content (AvgIpc) is 2.96. The number of halogens is 1. The van der Waals surface area contributed by atoms with Crippen LogP contribution in [0.25, 0.3) is 0 Å². The zero-order valence-corrected chi connectivity index (χ0v) is 15.8. The molecular formula is C18H19ClN2O4S. The Morgan fingerprint density at radius 2 is 2.19 bits per heavy atom. The minimum absolute atomic E-state index is 0.0305. The summed E-state index contributed by atoms with van der Waals surface area (Å²) in [6, 6.07) is 8.37. The highest BCUT2D eigenvalue weighted by Gasteiger charge is 2.26. The summed E-state index contributed by atoms with van der Waals surface area (Å²) in [4.78, 5) is 16.2. The van der Waals surface area contributed by atoms with Crippen molar-refractivity contribution in [2.24, 2.45) is 0 Å². The van der Waals surface area contributed by atoms with Crippen LogP contribution in [-0.2, 0) is 27.7 Å². The molecule has 3 rings (SSSR count). The van der Waals surface area contributed by atoms with Crippen molar-refractivity contribution in [1.29, 1.82) is 0 Å². The Balaban J connectivity index is 1.63. The van der Waals surface area contributed by atoms with Gasteiger partial charge in [0.05, 0.1) is 9.92 Å².